The first-order valence-corrected chi connectivity index (χ1v) is 6.74. The summed E-state index contributed by atoms with van der Waals surface area (Å²) in [5.41, 5.74) is -0.450. The van der Waals surface area contributed by atoms with Gasteiger partial charge in [0.25, 0.3) is 0 Å². The fourth-order valence-corrected chi connectivity index (χ4v) is 1.94. The monoisotopic (exact) mass is 274 g/mol. The van der Waals surface area contributed by atoms with E-state index in [2.05, 4.69) is 5.32 Å². The molecule has 1 saturated heterocycles. The third-order valence-electron chi connectivity index (χ3n) is 3.00. The van der Waals surface area contributed by atoms with Gasteiger partial charge >= 0.3 is 6.09 Å². The molecule has 112 valence electrons. The van der Waals surface area contributed by atoms with Gasteiger partial charge in [-0.15, -0.1) is 0 Å². The van der Waals surface area contributed by atoms with Crippen LogP contribution in [-0.2, 0) is 9.47 Å². The normalized spacial score (nSPS) is 19.3. The van der Waals surface area contributed by atoms with Crippen LogP contribution in [0.1, 0.15) is 33.6 Å². The minimum absolute atomic E-state index is 0.247. The number of carbonyl (C=O) groups excluding carboxylic acids is 1. The second kappa shape index (κ2) is 7.07. The van der Waals surface area contributed by atoms with E-state index in [-0.39, 0.29) is 6.09 Å². The van der Waals surface area contributed by atoms with Crippen molar-refractivity contribution < 1.29 is 19.4 Å². The van der Waals surface area contributed by atoms with Gasteiger partial charge in [-0.2, -0.15) is 0 Å². The van der Waals surface area contributed by atoms with Crippen molar-refractivity contribution in [2.45, 2.75) is 51.5 Å². The summed E-state index contributed by atoms with van der Waals surface area (Å²) in [7, 11) is 1.47. The van der Waals surface area contributed by atoms with E-state index >= 15 is 0 Å². The van der Waals surface area contributed by atoms with Gasteiger partial charge in [0.15, 0.2) is 6.29 Å². The molecule has 6 heteroatoms. The summed E-state index contributed by atoms with van der Waals surface area (Å²) in [5.74, 6) is 0. The maximum absolute atomic E-state index is 11.9. The maximum Gasteiger partial charge on any atom is 0.410 e. The predicted octanol–water partition coefficient (Wildman–Crippen LogP) is 0.940. The highest BCUT2D eigenvalue weighted by molar-refractivity contribution is 5.68. The second-order valence-electron chi connectivity index (χ2n) is 5.84. The van der Waals surface area contributed by atoms with Crippen molar-refractivity contribution in [3.8, 4) is 0 Å². The van der Waals surface area contributed by atoms with Gasteiger partial charge in [-0.3, -0.25) is 0 Å². The van der Waals surface area contributed by atoms with E-state index in [0.29, 0.717) is 25.7 Å². The Morgan fingerprint density at radius 3 is 2.47 bits per heavy atom. The Kier molecular flexibility index (Phi) is 6.03. The highest BCUT2D eigenvalue weighted by Crippen LogP contribution is 2.15. The standard InChI is InChI=1S/C13H26N2O4/c1-13(2,3)19-12(17)15-7-5-10(6-8-15)14-9-11(16)18-4/h10-11,14,16H,5-9H2,1-4H3. The first-order valence-electron chi connectivity index (χ1n) is 6.74. The van der Waals surface area contributed by atoms with E-state index in [1.807, 2.05) is 20.8 Å². The number of likely N-dealkylation sites (tertiary alicyclic amines) is 1. The summed E-state index contributed by atoms with van der Waals surface area (Å²) < 4.78 is 10.1. The van der Waals surface area contributed by atoms with E-state index in [1.54, 1.807) is 4.90 Å². The Balaban J connectivity index is 2.27. The zero-order valence-corrected chi connectivity index (χ0v) is 12.3. The van der Waals surface area contributed by atoms with Crippen LogP contribution >= 0.6 is 0 Å². The fourth-order valence-electron chi connectivity index (χ4n) is 1.94. The number of methoxy groups -OCH3 is 1. The van der Waals surface area contributed by atoms with Crippen molar-refractivity contribution in [1.82, 2.24) is 10.2 Å². The smallest absolute Gasteiger partial charge is 0.410 e. The van der Waals surface area contributed by atoms with Crippen molar-refractivity contribution in [3.05, 3.63) is 0 Å². The van der Waals surface area contributed by atoms with Gasteiger partial charge in [0, 0.05) is 32.8 Å². The van der Waals surface area contributed by atoms with Crippen LogP contribution in [0.5, 0.6) is 0 Å². The van der Waals surface area contributed by atoms with E-state index < -0.39 is 11.9 Å². The lowest BCUT2D eigenvalue weighted by molar-refractivity contribution is -0.0729. The summed E-state index contributed by atoms with van der Waals surface area (Å²) in [4.78, 5) is 13.6. The summed E-state index contributed by atoms with van der Waals surface area (Å²) >= 11 is 0. The van der Waals surface area contributed by atoms with Crippen molar-refractivity contribution in [2.24, 2.45) is 0 Å². The fraction of sp³-hybridized carbons (Fsp3) is 0.923. The predicted molar refractivity (Wildman–Crippen MR) is 71.8 cm³/mol. The quantitative estimate of drug-likeness (QED) is 0.747. The van der Waals surface area contributed by atoms with Crippen LogP contribution in [0.25, 0.3) is 0 Å². The van der Waals surface area contributed by atoms with Crippen LogP contribution in [0.15, 0.2) is 0 Å². The molecule has 1 aliphatic heterocycles. The molecule has 0 aromatic carbocycles. The molecule has 0 spiro atoms. The molecule has 0 saturated carbocycles. The number of ether oxygens (including phenoxy) is 2. The summed E-state index contributed by atoms with van der Waals surface area (Å²) in [5, 5.41) is 12.5. The number of rotatable bonds is 4. The van der Waals surface area contributed by atoms with Gasteiger partial charge in [0.05, 0.1) is 0 Å². The van der Waals surface area contributed by atoms with E-state index in [0.717, 1.165) is 12.8 Å². The molecule has 1 amide bonds. The molecule has 0 aromatic rings. The number of nitrogens with one attached hydrogen (secondary N) is 1. The number of aliphatic hydroxyl groups is 1. The Hall–Kier alpha value is -0.850. The zero-order valence-electron chi connectivity index (χ0n) is 12.3. The van der Waals surface area contributed by atoms with E-state index in [9.17, 15) is 9.90 Å². The minimum atomic E-state index is -0.774. The Morgan fingerprint density at radius 1 is 1.42 bits per heavy atom. The second-order valence-corrected chi connectivity index (χ2v) is 5.84. The lowest BCUT2D eigenvalue weighted by atomic mass is 10.1. The highest BCUT2D eigenvalue weighted by atomic mass is 16.6. The van der Waals surface area contributed by atoms with Gasteiger partial charge < -0.3 is 24.8 Å². The molecule has 0 bridgehead atoms. The highest BCUT2D eigenvalue weighted by Gasteiger charge is 2.26. The minimum Gasteiger partial charge on any atom is -0.444 e. The number of amides is 1. The number of aliphatic hydroxyl groups excluding tert-OH is 1. The van der Waals surface area contributed by atoms with Crippen LogP contribution < -0.4 is 5.32 Å². The summed E-state index contributed by atoms with van der Waals surface area (Å²) in [6, 6.07) is 0.309. The van der Waals surface area contributed by atoms with Crippen molar-refractivity contribution >= 4 is 6.09 Å². The third kappa shape index (κ3) is 6.22. The van der Waals surface area contributed by atoms with Crippen LogP contribution in [-0.4, -0.2) is 60.8 Å². The molecule has 1 fully saturated rings. The van der Waals surface area contributed by atoms with Crippen LogP contribution in [0.3, 0.4) is 0 Å². The van der Waals surface area contributed by atoms with Crippen LogP contribution in [0, 0.1) is 0 Å². The molecular weight excluding hydrogens is 248 g/mol. The molecule has 6 nitrogen and oxygen atoms in total. The average Bonchev–Trinajstić information content (AvgIpc) is 2.34. The molecule has 1 heterocycles. The Morgan fingerprint density at radius 2 is 2.00 bits per heavy atom. The number of nitrogens with zero attached hydrogens (tertiary/aromatic N) is 1. The molecule has 0 aliphatic carbocycles. The van der Waals surface area contributed by atoms with Crippen LogP contribution in [0.2, 0.25) is 0 Å². The van der Waals surface area contributed by atoms with Gasteiger partial charge in [-0.05, 0) is 33.6 Å². The van der Waals surface area contributed by atoms with Gasteiger partial charge in [-0.25, -0.2) is 4.79 Å². The Bertz CT molecular complexity index is 283. The lowest BCUT2D eigenvalue weighted by Gasteiger charge is -2.34. The number of hydrogen-bond acceptors (Lipinski definition) is 5. The molecule has 1 atom stereocenters. The van der Waals surface area contributed by atoms with E-state index in [4.69, 9.17) is 9.47 Å². The van der Waals surface area contributed by atoms with Crippen molar-refractivity contribution in [1.29, 1.82) is 0 Å². The molecular formula is C13H26N2O4. The molecule has 0 aromatic heterocycles. The molecule has 19 heavy (non-hydrogen) atoms. The third-order valence-corrected chi connectivity index (χ3v) is 3.00. The molecule has 2 N–H and O–H groups in total. The lowest BCUT2D eigenvalue weighted by Crippen LogP contribution is -2.47. The van der Waals surface area contributed by atoms with E-state index in [1.165, 1.54) is 7.11 Å². The average molecular weight is 274 g/mol. The summed E-state index contributed by atoms with van der Waals surface area (Å²) in [6.45, 7) is 7.36. The van der Waals surface area contributed by atoms with Gasteiger partial charge in [-0.1, -0.05) is 0 Å². The molecule has 1 unspecified atom stereocenters. The van der Waals surface area contributed by atoms with Crippen molar-refractivity contribution in [3.63, 3.8) is 0 Å². The maximum atomic E-state index is 11.9. The number of carbonyl (C=O) groups is 1. The van der Waals surface area contributed by atoms with Crippen LogP contribution in [0.4, 0.5) is 4.79 Å². The largest absolute Gasteiger partial charge is 0.444 e. The topological polar surface area (TPSA) is 71.0 Å². The SMILES string of the molecule is COC(O)CNC1CCN(C(=O)OC(C)(C)C)CC1. The first-order chi connectivity index (χ1) is 8.81. The molecule has 1 aliphatic rings. The molecule has 1 rings (SSSR count). The molecule has 0 radical (unpaired) electrons. The Labute approximate surface area is 115 Å². The van der Waals surface area contributed by atoms with Gasteiger partial charge in [0.2, 0.25) is 0 Å². The van der Waals surface area contributed by atoms with Crippen molar-refractivity contribution in [2.75, 3.05) is 26.7 Å². The van der Waals surface area contributed by atoms with Gasteiger partial charge in [0.1, 0.15) is 5.60 Å². The zero-order chi connectivity index (χ0) is 14.5. The first kappa shape index (κ1) is 16.2. The number of hydrogen-bond donors (Lipinski definition) is 2. The summed E-state index contributed by atoms with van der Waals surface area (Å²) in [6.07, 6.45) is 0.692. The number of piperidine rings is 1.